The molecule has 9 heteroatoms. The minimum Gasteiger partial charge on any atom is -0.486 e. The number of ketones is 1. The van der Waals surface area contributed by atoms with Gasteiger partial charge in [0.05, 0.1) is 6.04 Å². The molecule has 2 fully saturated rings. The maximum absolute atomic E-state index is 13.3. The van der Waals surface area contributed by atoms with Gasteiger partial charge in [0, 0.05) is 19.6 Å². The lowest BCUT2D eigenvalue weighted by Crippen LogP contribution is -2.53. The van der Waals surface area contributed by atoms with Gasteiger partial charge < -0.3 is 19.9 Å². The number of nitrogens with one attached hydrogen (secondary N) is 1. The largest absolute Gasteiger partial charge is 0.486 e. The third-order valence-corrected chi connectivity index (χ3v) is 6.26. The Morgan fingerprint density at radius 2 is 1.44 bits per heavy atom. The van der Waals surface area contributed by atoms with E-state index in [1.807, 2.05) is 0 Å². The van der Waals surface area contributed by atoms with Crippen molar-refractivity contribution in [3.63, 3.8) is 0 Å². The van der Waals surface area contributed by atoms with Crippen molar-refractivity contribution in [2.75, 3.05) is 19.7 Å². The number of carbonyl (C=O) groups excluding carboxylic acids is 3. The quantitative estimate of drug-likeness (QED) is 0.672. The molecule has 34 heavy (non-hydrogen) atoms. The van der Waals surface area contributed by atoms with E-state index in [1.165, 1.54) is 41.3 Å². The highest BCUT2D eigenvalue weighted by atomic mass is 19.1. The Labute approximate surface area is 196 Å². The van der Waals surface area contributed by atoms with Crippen LogP contribution in [-0.2, 0) is 16.1 Å². The fraction of sp³-hybridized carbons (Fsp3) is 0.400. The molecule has 180 valence electrons. The zero-order valence-electron chi connectivity index (χ0n) is 18.7. The van der Waals surface area contributed by atoms with Crippen LogP contribution in [0.15, 0.2) is 48.5 Å². The van der Waals surface area contributed by atoms with Crippen molar-refractivity contribution in [1.29, 1.82) is 0 Å². The second-order valence-electron chi connectivity index (χ2n) is 8.54. The molecule has 0 aromatic heterocycles. The summed E-state index contributed by atoms with van der Waals surface area (Å²) in [6.45, 7) is 0.911. The van der Waals surface area contributed by atoms with Gasteiger partial charge in [0.2, 0.25) is 5.91 Å². The van der Waals surface area contributed by atoms with Crippen LogP contribution in [0.25, 0.3) is 0 Å². The van der Waals surface area contributed by atoms with Gasteiger partial charge in [-0.2, -0.15) is 0 Å². The molecule has 7 nitrogen and oxygen atoms in total. The van der Waals surface area contributed by atoms with Gasteiger partial charge >= 0.3 is 6.03 Å². The van der Waals surface area contributed by atoms with Crippen LogP contribution in [0.3, 0.4) is 0 Å². The van der Waals surface area contributed by atoms with Gasteiger partial charge in [-0.05, 0) is 67.6 Å². The monoisotopic (exact) mass is 471 g/mol. The normalized spacial score (nSPS) is 19.8. The van der Waals surface area contributed by atoms with Crippen molar-refractivity contribution in [3.8, 4) is 5.75 Å². The molecule has 0 saturated carbocycles. The summed E-state index contributed by atoms with van der Waals surface area (Å²) in [5, 5.41) is 2.79. The van der Waals surface area contributed by atoms with Crippen LogP contribution >= 0.6 is 0 Å². The van der Waals surface area contributed by atoms with Crippen LogP contribution in [0.5, 0.6) is 5.75 Å². The Balaban J connectivity index is 1.34. The molecule has 0 radical (unpaired) electrons. The van der Waals surface area contributed by atoms with E-state index in [9.17, 15) is 23.2 Å². The lowest BCUT2D eigenvalue weighted by atomic mass is 10.1. The van der Waals surface area contributed by atoms with Gasteiger partial charge in [-0.3, -0.25) is 9.59 Å². The number of ether oxygens (including phenoxy) is 1. The second kappa shape index (κ2) is 10.6. The Hall–Kier alpha value is -3.49. The molecule has 0 aliphatic carbocycles. The predicted molar refractivity (Wildman–Crippen MR) is 120 cm³/mol. The van der Waals surface area contributed by atoms with Crippen molar-refractivity contribution in [1.82, 2.24) is 15.1 Å². The second-order valence-corrected chi connectivity index (χ2v) is 8.54. The van der Waals surface area contributed by atoms with E-state index >= 15 is 0 Å². The fourth-order valence-electron chi connectivity index (χ4n) is 4.49. The number of benzene rings is 2. The number of rotatable bonds is 7. The van der Waals surface area contributed by atoms with Crippen molar-refractivity contribution in [2.45, 2.75) is 44.3 Å². The number of likely N-dealkylation sites (tertiary alicyclic amines) is 2. The summed E-state index contributed by atoms with van der Waals surface area (Å²) in [6.07, 6.45) is 2.47. The van der Waals surface area contributed by atoms with Crippen LogP contribution in [0, 0.1) is 11.6 Å². The predicted octanol–water partition coefficient (Wildman–Crippen LogP) is 3.28. The van der Waals surface area contributed by atoms with Crippen molar-refractivity contribution in [3.05, 3.63) is 65.7 Å². The van der Waals surface area contributed by atoms with Crippen LogP contribution in [0.2, 0.25) is 0 Å². The number of Topliss-reactive ketones (excluding diaryl/α,β-unsaturated/α-hetero) is 1. The van der Waals surface area contributed by atoms with E-state index < -0.39 is 17.9 Å². The smallest absolute Gasteiger partial charge is 0.318 e. The first-order valence-corrected chi connectivity index (χ1v) is 11.4. The summed E-state index contributed by atoms with van der Waals surface area (Å²) >= 11 is 0. The molecule has 2 aromatic carbocycles. The number of halogens is 2. The van der Waals surface area contributed by atoms with E-state index in [2.05, 4.69) is 5.32 Å². The van der Waals surface area contributed by atoms with Gasteiger partial charge in [0.15, 0.2) is 5.78 Å². The van der Waals surface area contributed by atoms with Crippen LogP contribution < -0.4 is 10.1 Å². The zero-order chi connectivity index (χ0) is 24.1. The standard InChI is InChI=1S/C25H27F2N3O4/c26-18-7-5-17(6-8-18)15-28-25(33)30-14-2-4-22(30)24(32)29-13-1-3-21(29)23(31)16-34-20-11-9-19(27)10-12-20/h5-12,21-22H,1-4,13-16H2,(H,28,33)/t21-,22-/m0/s1. The Bertz CT molecular complexity index is 948. The molecule has 0 unspecified atom stereocenters. The maximum Gasteiger partial charge on any atom is 0.318 e. The molecular weight excluding hydrogens is 444 g/mol. The number of hydrogen-bond donors (Lipinski definition) is 1. The Morgan fingerprint density at radius 3 is 2.12 bits per heavy atom. The first-order valence-electron chi connectivity index (χ1n) is 11.4. The highest BCUT2D eigenvalue weighted by molar-refractivity contribution is 5.94. The van der Waals surface area contributed by atoms with Gasteiger partial charge in [0.25, 0.3) is 0 Å². The van der Waals surface area contributed by atoms with E-state index in [1.54, 1.807) is 17.0 Å². The molecule has 2 aliphatic rings. The lowest BCUT2D eigenvalue weighted by Gasteiger charge is -2.31. The minimum atomic E-state index is -0.625. The molecule has 1 N–H and O–H groups in total. The fourth-order valence-corrected chi connectivity index (χ4v) is 4.49. The van der Waals surface area contributed by atoms with Gasteiger partial charge in [0.1, 0.15) is 30.0 Å². The molecule has 3 amide bonds. The maximum atomic E-state index is 13.3. The summed E-state index contributed by atoms with van der Waals surface area (Å²) < 4.78 is 31.6. The highest BCUT2D eigenvalue weighted by Crippen LogP contribution is 2.26. The van der Waals surface area contributed by atoms with Gasteiger partial charge in [-0.25, -0.2) is 13.6 Å². The minimum absolute atomic E-state index is 0.216. The average molecular weight is 472 g/mol. The SMILES string of the molecule is O=C(COc1ccc(F)cc1)[C@@H]1CCCN1C(=O)[C@@H]1CCCN1C(=O)NCc1ccc(F)cc1. The number of urea groups is 1. The molecule has 4 rings (SSSR count). The van der Waals surface area contributed by atoms with Crippen molar-refractivity contribution >= 4 is 17.7 Å². The lowest BCUT2D eigenvalue weighted by molar-refractivity contribution is -0.141. The van der Waals surface area contributed by atoms with E-state index in [0.29, 0.717) is 44.5 Å². The molecule has 2 aromatic rings. The topological polar surface area (TPSA) is 79.0 Å². The molecule has 0 bridgehead atoms. The van der Waals surface area contributed by atoms with Gasteiger partial charge in [-0.1, -0.05) is 12.1 Å². The molecule has 0 spiro atoms. The van der Waals surface area contributed by atoms with Gasteiger partial charge in [-0.15, -0.1) is 0 Å². The van der Waals surface area contributed by atoms with Crippen LogP contribution in [0.1, 0.15) is 31.2 Å². The third-order valence-electron chi connectivity index (χ3n) is 6.26. The van der Waals surface area contributed by atoms with Crippen molar-refractivity contribution < 1.29 is 27.9 Å². The molecule has 2 saturated heterocycles. The van der Waals surface area contributed by atoms with E-state index in [-0.39, 0.29) is 36.7 Å². The Morgan fingerprint density at radius 1 is 0.853 bits per heavy atom. The third kappa shape index (κ3) is 5.52. The summed E-state index contributed by atoms with van der Waals surface area (Å²) in [7, 11) is 0. The summed E-state index contributed by atoms with van der Waals surface area (Å²) in [5.41, 5.74) is 0.753. The Kier molecular flexibility index (Phi) is 7.40. The number of hydrogen-bond acceptors (Lipinski definition) is 4. The first-order chi connectivity index (χ1) is 16.4. The zero-order valence-corrected chi connectivity index (χ0v) is 18.7. The van der Waals surface area contributed by atoms with E-state index in [4.69, 9.17) is 4.74 Å². The van der Waals surface area contributed by atoms with Crippen LogP contribution in [0.4, 0.5) is 13.6 Å². The number of carbonyl (C=O) groups is 3. The number of amides is 3. The summed E-state index contributed by atoms with van der Waals surface area (Å²) in [6, 6.07) is 9.65. The first kappa shape index (κ1) is 23.7. The molecular formula is C25H27F2N3O4. The van der Waals surface area contributed by atoms with Crippen LogP contribution in [-0.4, -0.2) is 59.3 Å². The highest BCUT2D eigenvalue weighted by Gasteiger charge is 2.42. The summed E-state index contributed by atoms with van der Waals surface area (Å²) in [5.74, 6) is -0.815. The van der Waals surface area contributed by atoms with Crippen molar-refractivity contribution in [2.24, 2.45) is 0 Å². The summed E-state index contributed by atoms with van der Waals surface area (Å²) in [4.78, 5) is 42.0. The average Bonchev–Trinajstić information content (AvgIpc) is 3.53. The molecule has 2 heterocycles. The number of nitrogens with zero attached hydrogens (tertiary/aromatic N) is 2. The molecule has 2 aliphatic heterocycles. The van der Waals surface area contributed by atoms with E-state index in [0.717, 1.165) is 5.56 Å². The molecule has 2 atom stereocenters.